The lowest BCUT2D eigenvalue weighted by Gasteiger charge is -2.30. The maximum absolute atomic E-state index is 14.3. The lowest BCUT2D eigenvalue weighted by molar-refractivity contribution is -0.134. The van der Waals surface area contributed by atoms with Crippen LogP contribution in [0.4, 0.5) is 8.78 Å². The highest BCUT2D eigenvalue weighted by Gasteiger charge is 2.40. The number of nitrogens with zero attached hydrogens (tertiary/aromatic N) is 3. The van der Waals surface area contributed by atoms with Crippen molar-refractivity contribution in [1.82, 2.24) is 14.7 Å². The Kier molecular flexibility index (Phi) is 7.41. The molecule has 4 rings (SSSR count). The van der Waals surface area contributed by atoms with E-state index in [1.54, 1.807) is 4.90 Å². The second kappa shape index (κ2) is 10.00. The third kappa shape index (κ3) is 5.84. The first-order valence-electron chi connectivity index (χ1n) is 12.0. The molecule has 1 aliphatic heterocycles. The maximum atomic E-state index is 14.3. The molecule has 2 aromatic rings. The number of aryl methyl sites for hydroxylation is 1. The molecule has 1 aromatic carbocycles. The van der Waals surface area contributed by atoms with E-state index in [2.05, 4.69) is 26.5 Å². The number of alkyl halides is 2. The van der Waals surface area contributed by atoms with E-state index in [9.17, 15) is 13.6 Å². The summed E-state index contributed by atoms with van der Waals surface area (Å²) in [4.78, 5) is 15.3. The van der Waals surface area contributed by atoms with Gasteiger partial charge in [-0.05, 0) is 62.5 Å². The first-order valence-corrected chi connectivity index (χ1v) is 12.6. The molecule has 34 heavy (non-hydrogen) atoms. The molecule has 0 bridgehead atoms. The zero-order valence-corrected chi connectivity index (χ0v) is 21.3. The average Bonchev–Trinajstić information content (AvgIpc) is 3.34. The van der Waals surface area contributed by atoms with Gasteiger partial charge in [0.05, 0.1) is 17.8 Å². The summed E-state index contributed by atoms with van der Waals surface area (Å²) in [6.07, 6.45) is 3.14. The lowest BCUT2D eigenvalue weighted by Crippen LogP contribution is -2.37. The van der Waals surface area contributed by atoms with Crippen molar-refractivity contribution in [3.63, 3.8) is 0 Å². The summed E-state index contributed by atoms with van der Waals surface area (Å²) in [5, 5.41) is 5.43. The van der Waals surface area contributed by atoms with Gasteiger partial charge < -0.3 is 15.4 Å². The Morgan fingerprint density at radius 2 is 2.03 bits per heavy atom. The van der Waals surface area contributed by atoms with Gasteiger partial charge in [-0.25, -0.2) is 0 Å². The SMILES string of the molecule is Cc1cc(P)cc([C@@H]2[C@H](OCCC(C)N)CCN2C(=O)Cn2nc(C3CC3)cc2C(C)(F)F)c1. The predicted molar refractivity (Wildman–Crippen MR) is 131 cm³/mol. The van der Waals surface area contributed by atoms with Crippen LogP contribution in [0.15, 0.2) is 24.3 Å². The maximum Gasteiger partial charge on any atom is 0.286 e. The molecule has 2 heterocycles. The fraction of sp³-hybridized carbons (Fsp3) is 0.600. The second-order valence-electron chi connectivity index (χ2n) is 9.95. The minimum atomic E-state index is -3.07. The van der Waals surface area contributed by atoms with Gasteiger partial charge in [-0.1, -0.05) is 17.7 Å². The van der Waals surface area contributed by atoms with Gasteiger partial charge in [0.15, 0.2) is 0 Å². The summed E-state index contributed by atoms with van der Waals surface area (Å²) >= 11 is 0. The van der Waals surface area contributed by atoms with Gasteiger partial charge in [0.25, 0.3) is 5.92 Å². The summed E-state index contributed by atoms with van der Waals surface area (Å²) in [6.45, 7) is 5.61. The topological polar surface area (TPSA) is 73.4 Å². The monoisotopic (exact) mass is 492 g/mol. The van der Waals surface area contributed by atoms with Gasteiger partial charge >= 0.3 is 0 Å². The Balaban J connectivity index is 1.59. The Morgan fingerprint density at radius 1 is 1.29 bits per heavy atom. The molecule has 186 valence electrons. The summed E-state index contributed by atoms with van der Waals surface area (Å²) in [7, 11) is 2.71. The van der Waals surface area contributed by atoms with Crippen LogP contribution in [0.1, 0.15) is 74.0 Å². The summed E-state index contributed by atoms with van der Waals surface area (Å²) < 4.78 is 36.0. The number of hydrogen-bond donors (Lipinski definition) is 1. The van der Waals surface area contributed by atoms with Crippen LogP contribution >= 0.6 is 9.24 Å². The van der Waals surface area contributed by atoms with Crippen LogP contribution in [0.25, 0.3) is 0 Å². The van der Waals surface area contributed by atoms with Gasteiger partial charge in [-0.15, -0.1) is 9.24 Å². The normalized spacial score (nSPS) is 21.8. The molecule has 2 aliphatic rings. The molecule has 1 aliphatic carbocycles. The van der Waals surface area contributed by atoms with E-state index in [1.807, 2.05) is 19.9 Å². The highest BCUT2D eigenvalue weighted by molar-refractivity contribution is 7.27. The molecule has 2 N–H and O–H groups in total. The standard InChI is InChI=1S/C25H35F2N4O2P/c1-15-10-18(12-19(34)11-15)24-21(33-9-7-16(2)28)6-8-30(24)23(32)14-31-22(25(3,26)27)13-20(29-31)17-4-5-17/h10-13,16-17,21,24H,4-9,14,28,34H2,1-3H3/t16?,21-,24-/m1/s1. The Morgan fingerprint density at radius 3 is 2.65 bits per heavy atom. The molecule has 2 unspecified atom stereocenters. The third-order valence-electron chi connectivity index (χ3n) is 6.56. The number of halogens is 2. The first-order chi connectivity index (χ1) is 16.0. The molecule has 1 amide bonds. The number of likely N-dealkylation sites (tertiary alicyclic amines) is 1. The number of carbonyl (C=O) groups excluding carboxylic acids is 1. The van der Waals surface area contributed by atoms with E-state index in [1.165, 1.54) is 10.7 Å². The van der Waals surface area contributed by atoms with Crippen molar-refractivity contribution in [1.29, 1.82) is 0 Å². The molecule has 6 nitrogen and oxygen atoms in total. The van der Waals surface area contributed by atoms with E-state index >= 15 is 0 Å². The molecular weight excluding hydrogens is 457 g/mol. The molecule has 1 aromatic heterocycles. The minimum absolute atomic E-state index is 0.0322. The van der Waals surface area contributed by atoms with E-state index < -0.39 is 5.92 Å². The van der Waals surface area contributed by atoms with Crippen LogP contribution in [0.3, 0.4) is 0 Å². The van der Waals surface area contributed by atoms with Crippen LogP contribution < -0.4 is 11.0 Å². The number of aromatic nitrogens is 2. The molecule has 0 radical (unpaired) electrons. The van der Waals surface area contributed by atoms with Crippen LogP contribution in [0, 0.1) is 6.92 Å². The molecule has 4 atom stereocenters. The van der Waals surface area contributed by atoms with E-state index in [4.69, 9.17) is 10.5 Å². The van der Waals surface area contributed by atoms with Crippen molar-refractivity contribution >= 4 is 20.5 Å². The van der Waals surface area contributed by atoms with Gasteiger partial charge in [0.2, 0.25) is 5.91 Å². The average molecular weight is 493 g/mol. The summed E-state index contributed by atoms with van der Waals surface area (Å²) in [5.41, 5.74) is 8.41. The smallest absolute Gasteiger partial charge is 0.286 e. The van der Waals surface area contributed by atoms with Crippen molar-refractivity contribution in [2.24, 2.45) is 5.73 Å². The number of rotatable bonds is 9. The number of carbonyl (C=O) groups is 1. The number of benzene rings is 1. The van der Waals surface area contributed by atoms with Gasteiger partial charge in [0.1, 0.15) is 12.2 Å². The molecule has 2 fully saturated rings. The zero-order valence-electron chi connectivity index (χ0n) is 20.1. The largest absolute Gasteiger partial charge is 0.376 e. The van der Waals surface area contributed by atoms with Crippen LogP contribution in [-0.2, 0) is 22.0 Å². The third-order valence-corrected chi connectivity index (χ3v) is 6.89. The highest BCUT2D eigenvalue weighted by atomic mass is 31.0. The zero-order chi connectivity index (χ0) is 24.6. The van der Waals surface area contributed by atoms with E-state index in [0.29, 0.717) is 25.3 Å². The minimum Gasteiger partial charge on any atom is -0.376 e. The van der Waals surface area contributed by atoms with Crippen molar-refractivity contribution in [3.8, 4) is 0 Å². The fourth-order valence-corrected chi connectivity index (χ4v) is 5.20. The number of hydrogen-bond acceptors (Lipinski definition) is 4. The number of ether oxygens (including phenoxy) is 1. The first kappa shape index (κ1) is 25.2. The number of amides is 1. The van der Waals surface area contributed by atoms with Crippen LogP contribution in [-0.4, -0.2) is 45.9 Å². The van der Waals surface area contributed by atoms with Crippen molar-refractivity contribution in [2.45, 2.75) is 83.0 Å². The quantitative estimate of drug-likeness (QED) is 0.541. The van der Waals surface area contributed by atoms with Gasteiger partial charge in [0, 0.05) is 32.0 Å². The fourth-order valence-electron chi connectivity index (χ4n) is 4.74. The molecular formula is C25H35F2N4O2P. The van der Waals surface area contributed by atoms with E-state index in [0.717, 1.165) is 42.6 Å². The van der Waals surface area contributed by atoms with Crippen molar-refractivity contribution in [3.05, 3.63) is 46.8 Å². The lowest BCUT2D eigenvalue weighted by atomic mass is 10.00. The Hall–Kier alpha value is -1.89. The summed E-state index contributed by atoms with van der Waals surface area (Å²) in [6, 6.07) is 7.37. The highest BCUT2D eigenvalue weighted by Crippen LogP contribution is 2.41. The molecule has 1 saturated carbocycles. The molecule has 9 heteroatoms. The van der Waals surface area contributed by atoms with Crippen molar-refractivity contribution in [2.75, 3.05) is 13.2 Å². The summed E-state index contributed by atoms with van der Waals surface area (Å²) in [5.74, 6) is -3.07. The van der Waals surface area contributed by atoms with Crippen LogP contribution in [0.2, 0.25) is 0 Å². The van der Waals surface area contributed by atoms with Gasteiger partial charge in [-0.3, -0.25) is 9.48 Å². The van der Waals surface area contributed by atoms with Crippen molar-refractivity contribution < 1.29 is 18.3 Å². The predicted octanol–water partition coefficient (Wildman–Crippen LogP) is 3.78. The Labute approximate surface area is 202 Å². The van der Waals surface area contributed by atoms with E-state index in [-0.39, 0.29) is 42.3 Å². The molecule has 1 saturated heterocycles. The van der Waals surface area contributed by atoms with Gasteiger partial charge in [-0.2, -0.15) is 13.9 Å². The van der Waals surface area contributed by atoms with Crippen LogP contribution in [0.5, 0.6) is 0 Å². The Bertz CT molecular complexity index is 1010. The number of nitrogens with two attached hydrogens (primary N) is 1. The second-order valence-corrected chi connectivity index (χ2v) is 10.6. The molecule has 0 spiro atoms.